The summed E-state index contributed by atoms with van der Waals surface area (Å²) in [5.74, 6) is 1.42. The van der Waals surface area contributed by atoms with Crippen molar-refractivity contribution in [2.24, 2.45) is 0 Å². The summed E-state index contributed by atoms with van der Waals surface area (Å²) >= 11 is 1.23. The van der Waals surface area contributed by atoms with Gasteiger partial charge in [-0.25, -0.2) is 4.98 Å². The molecule has 0 unspecified atom stereocenters. The highest BCUT2D eigenvalue weighted by Crippen LogP contribution is 2.31. The van der Waals surface area contributed by atoms with Crippen molar-refractivity contribution in [3.8, 4) is 22.3 Å². The van der Waals surface area contributed by atoms with Crippen LogP contribution in [0.4, 0.5) is 0 Å². The highest BCUT2D eigenvalue weighted by atomic mass is 32.1. The molecule has 4 rings (SSSR count). The van der Waals surface area contributed by atoms with Crippen molar-refractivity contribution in [2.75, 3.05) is 0 Å². The number of imidazole rings is 1. The molecule has 0 radical (unpaired) electrons. The van der Waals surface area contributed by atoms with Gasteiger partial charge in [0.15, 0.2) is 5.82 Å². The topological polar surface area (TPSA) is 66.0 Å². The van der Waals surface area contributed by atoms with E-state index in [1.807, 2.05) is 25.5 Å². The molecule has 3 heterocycles. The molecule has 0 aliphatic heterocycles. The third kappa shape index (κ3) is 3.52. The number of ether oxygens (including phenoxy) is 1. The molecule has 1 aromatic carbocycles. The van der Waals surface area contributed by atoms with E-state index in [0.717, 1.165) is 29.8 Å². The highest BCUT2D eigenvalue weighted by Gasteiger charge is 2.12. The molecule has 7 heteroatoms. The van der Waals surface area contributed by atoms with Crippen molar-refractivity contribution in [3.05, 3.63) is 66.1 Å². The molecule has 0 fully saturated rings. The Balaban J connectivity index is 1.49. The maximum absolute atomic E-state index is 5.97. The summed E-state index contributed by atoms with van der Waals surface area (Å²) in [6.45, 7) is 5.06. The molecule has 0 saturated heterocycles. The van der Waals surface area contributed by atoms with Crippen LogP contribution in [0.5, 0.6) is 10.9 Å². The second-order valence-electron chi connectivity index (χ2n) is 6.09. The van der Waals surface area contributed by atoms with Gasteiger partial charge in [-0.3, -0.25) is 0 Å². The second-order valence-corrected chi connectivity index (χ2v) is 6.81. The lowest BCUT2D eigenvalue weighted by molar-refractivity contribution is 0.474. The predicted octanol–water partition coefficient (Wildman–Crippen LogP) is 4.65. The van der Waals surface area contributed by atoms with Gasteiger partial charge in [0.05, 0.1) is 18.2 Å². The van der Waals surface area contributed by atoms with Gasteiger partial charge in [0.25, 0.3) is 5.19 Å². The van der Waals surface area contributed by atoms with Crippen molar-refractivity contribution in [2.45, 2.75) is 26.8 Å². The fourth-order valence-corrected chi connectivity index (χ4v) is 3.32. The Bertz CT molecular complexity index is 991. The molecular formula is C19H18N4O2S. The van der Waals surface area contributed by atoms with Gasteiger partial charge in [-0.1, -0.05) is 6.07 Å². The fourth-order valence-electron chi connectivity index (χ4n) is 2.75. The van der Waals surface area contributed by atoms with E-state index in [2.05, 4.69) is 38.0 Å². The third-order valence-electron chi connectivity index (χ3n) is 4.22. The van der Waals surface area contributed by atoms with Crippen molar-refractivity contribution in [3.63, 3.8) is 0 Å². The number of benzene rings is 1. The van der Waals surface area contributed by atoms with Crippen LogP contribution in [0.3, 0.4) is 0 Å². The SMILES string of the molecule is Cc1cc(Oc2nc(-c3ccoc3)ns2)c(C)cc1CCn1ccnc1. The smallest absolute Gasteiger partial charge is 0.299 e. The quantitative estimate of drug-likeness (QED) is 0.497. The van der Waals surface area contributed by atoms with Crippen LogP contribution in [0.1, 0.15) is 16.7 Å². The van der Waals surface area contributed by atoms with Gasteiger partial charge >= 0.3 is 0 Å². The first kappa shape index (κ1) is 16.5. The van der Waals surface area contributed by atoms with Gasteiger partial charge in [0, 0.05) is 30.5 Å². The second kappa shape index (κ2) is 7.13. The summed E-state index contributed by atoms with van der Waals surface area (Å²) in [4.78, 5) is 8.51. The minimum Gasteiger partial charge on any atom is -0.472 e. The van der Waals surface area contributed by atoms with Crippen molar-refractivity contribution >= 4 is 11.5 Å². The van der Waals surface area contributed by atoms with Crippen molar-refractivity contribution < 1.29 is 9.15 Å². The number of hydrogen-bond acceptors (Lipinski definition) is 6. The van der Waals surface area contributed by atoms with Crippen LogP contribution in [0.25, 0.3) is 11.4 Å². The van der Waals surface area contributed by atoms with Crippen LogP contribution in [-0.2, 0) is 13.0 Å². The molecule has 0 aliphatic rings. The molecular weight excluding hydrogens is 348 g/mol. The largest absolute Gasteiger partial charge is 0.472 e. The van der Waals surface area contributed by atoms with E-state index in [9.17, 15) is 0 Å². The summed E-state index contributed by atoms with van der Waals surface area (Å²) in [5, 5.41) is 0.523. The zero-order chi connectivity index (χ0) is 17.9. The molecule has 3 aromatic heterocycles. The molecule has 0 saturated carbocycles. The number of rotatable bonds is 6. The Hall–Kier alpha value is -2.93. The maximum atomic E-state index is 5.97. The summed E-state index contributed by atoms with van der Waals surface area (Å²) in [7, 11) is 0. The average Bonchev–Trinajstić information content (AvgIpc) is 3.38. The summed E-state index contributed by atoms with van der Waals surface area (Å²) in [6.07, 6.45) is 9.80. The van der Waals surface area contributed by atoms with Crippen molar-refractivity contribution in [1.29, 1.82) is 0 Å². The molecule has 0 amide bonds. The Morgan fingerprint density at radius 3 is 2.92 bits per heavy atom. The van der Waals surface area contributed by atoms with Gasteiger partial charge in [-0.15, -0.1) is 0 Å². The molecule has 132 valence electrons. The Labute approximate surface area is 155 Å². The molecule has 0 N–H and O–H groups in total. The van der Waals surface area contributed by atoms with Crippen LogP contribution in [-0.4, -0.2) is 18.9 Å². The van der Waals surface area contributed by atoms with E-state index in [1.165, 1.54) is 22.7 Å². The average molecular weight is 366 g/mol. The molecule has 0 spiro atoms. The molecule has 0 atom stereocenters. The summed E-state index contributed by atoms with van der Waals surface area (Å²) in [5.41, 5.74) is 4.43. The van der Waals surface area contributed by atoms with Gasteiger partial charge < -0.3 is 13.7 Å². The molecule has 26 heavy (non-hydrogen) atoms. The molecule has 6 nitrogen and oxygen atoms in total. The first-order chi connectivity index (χ1) is 12.7. The van der Waals surface area contributed by atoms with E-state index in [0.29, 0.717) is 11.0 Å². The molecule has 0 aliphatic carbocycles. The minimum atomic E-state index is 0.523. The van der Waals surface area contributed by atoms with Gasteiger partial charge in [0.2, 0.25) is 0 Å². The highest BCUT2D eigenvalue weighted by molar-refractivity contribution is 7.07. The van der Waals surface area contributed by atoms with Crippen molar-refractivity contribution in [1.82, 2.24) is 18.9 Å². The lowest BCUT2D eigenvalue weighted by atomic mass is 10.0. The van der Waals surface area contributed by atoms with E-state index in [-0.39, 0.29) is 0 Å². The Kier molecular flexibility index (Phi) is 4.53. The standard InChI is InChI=1S/C19H18N4O2S/c1-13-10-17(14(2)9-15(13)3-6-23-7-5-20-12-23)25-19-21-18(22-26-19)16-4-8-24-11-16/h4-5,7-12H,3,6H2,1-2H3. The van der Waals surface area contributed by atoms with E-state index >= 15 is 0 Å². The van der Waals surface area contributed by atoms with E-state index < -0.39 is 0 Å². The molecule has 4 aromatic rings. The lowest BCUT2D eigenvalue weighted by Crippen LogP contribution is -2.01. The Morgan fingerprint density at radius 1 is 1.23 bits per heavy atom. The van der Waals surface area contributed by atoms with Crippen LogP contribution < -0.4 is 4.74 Å². The fraction of sp³-hybridized carbons (Fsp3) is 0.211. The monoisotopic (exact) mass is 366 g/mol. The van der Waals surface area contributed by atoms with Gasteiger partial charge in [-0.2, -0.15) is 9.36 Å². The Morgan fingerprint density at radius 2 is 2.15 bits per heavy atom. The number of aryl methyl sites for hydroxylation is 4. The number of hydrogen-bond donors (Lipinski definition) is 0. The van der Waals surface area contributed by atoms with E-state index in [1.54, 1.807) is 18.7 Å². The minimum absolute atomic E-state index is 0.523. The number of furan rings is 1. The van der Waals surface area contributed by atoms with Crippen LogP contribution in [0, 0.1) is 13.8 Å². The number of nitrogens with zero attached hydrogens (tertiary/aromatic N) is 4. The zero-order valence-corrected chi connectivity index (χ0v) is 15.4. The van der Waals surface area contributed by atoms with Crippen LogP contribution in [0.15, 0.2) is 53.9 Å². The number of aromatic nitrogens is 4. The van der Waals surface area contributed by atoms with E-state index in [4.69, 9.17) is 9.15 Å². The lowest BCUT2D eigenvalue weighted by Gasteiger charge is -2.12. The molecule has 0 bridgehead atoms. The van der Waals surface area contributed by atoms with Gasteiger partial charge in [0.1, 0.15) is 12.0 Å². The summed E-state index contributed by atoms with van der Waals surface area (Å²) in [6, 6.07) is 6.08. The predicted molar refractivity (Wildman–Crippen MR) is 99.5 cm³/mol. The van der Waals surface area contributed by atoms with Crippen LogP contribution in [0.2, 0.25) is 0 Å². The first-order valence-electron chi connectivity index (χ1n) is 8.29. The third-order valence-corrected chi connectivity index (χ3v) is 4.81. The summed E-state index contributed by atoms with van der Waals surface area (Å²) < 4.78 is 17.4. The maximum Gasteiger partial charge on any atom is 0.299 e. The van der Waals surface area contributed by atoms with Crippen LogP contribution >= 0.6 is 11.5 Å². The normalized spacial score (nSPS) is 11.0. The first-order valence-corrected chi connectivity index (χ1v) is 9.06. The van der Waals surface area contributed by atoms with Gasteiger partial charge in [-0.05, 0) is 49.1 Å². The zero-order valence-electron chi connectivity index (χ0n) is 14.5.